The second kappa shape index (κ2) is 9.78. The van der Waals surface area contributed by atoms with E-state index in [4.69, 9.17) is 16.3 Å². The van der Waals surface area contributed by atoms with E-state index in [0.29, 0.717) is 27.2 Å². The number of carbonyl (C=O) groups excluding carboxylic acids is 2. The highest BCUT2D eigenvalue weighted by Gasteiger charge is 2.13. The van der Waals surface area contributed by atoms with Crippen molar-refractivity contribution in [1.82, 2.24) is 9.97 Å². The molecule has 0 aliphatic heterocycles. The molecule has 0 aliphatic rings. The van der Waals surface area contributed by atoms with Gasteiger partial charge in [0.25, 0.3) is 0 Å². The monoisotopic (exact) mass is 489 g/mol. The van der Waals surface area contributed by atoms with Crippen molar-refractivity contribution in [3.63, 3.8) is 0 Å². The van der Waals surface area contributed by atoms with Gasteiger partial charge in [-0.05, 0) is 42.5 Å². The Bertz CT molecular complexity index is 1240. The number of Topliss-reactive ketones (excluding diaryl/α,β-unsaturated/α-hetero) is 1. The number of nitrogens with zero attached hydrogens (tertiary/aromatic N) is 2. The number of nitrogens with one attached hydrogen (secondary N) is 1. The molecule has 2 heterocycles. The van der Waals surface area contributed by atoms with Gasteiger partial charge in [-0.2, -0.15) is 0 Å². The first-order valence-corrected chi connectivity index (χ1v) is 12.2. The number of ether oxygens (including phenoxy) is 1. The summed E-state index contributed by atoms with van der Waals surface area (Å²) >= 11 is 10.1. The third-order valence-electron chi connectivity index (χ3n) is 4.21. The van der Waals surface area contributed by atoms with E-state index in [1.54, 1.807) is 37.4 Å². The molecule has 2 aromatic carbocycles. The SMILES string of the molecule is COc1ccc(C(=O)CSc2nc(CC(=O)Nc3nc4ccc(Cl)cc4s3)cs2)cc1. The molecule has 1 N–H and O–H groups in total. The molecule has 4 aromatic rings. The van der Waals surface area contributed by atoms with Gasteiger partial charge in [-0.1, -0.05) is 34.7 Å². The molecule has 31 heavy (non-hydrogen) atoms. The molecule has 0 aliphatic carbocycles. The number of fused-ring (bicyclic) bond motifs is 1. The average Bonchev–Trinajstić information content (AvgIpc) is 3.37. The van der Waals surface area contributed by atoms with Crippen molar-refractivity contribution >= 4 is 73.1 Å². The lowest BCUT2D eigenvalue weighted by molar-refractivity contribution is -0.115. The number of thiazole rings is 2. The van der Waals surface area contributed by atoms with Gasteiger partial charge >= 0.3 is 0 Å². The van der Waals surface area contributed by atoms with Crippen molar-refractivity contribution in [3.05, 3.63) is 64.1 Å². The van der Waals surface area contributed by atoms with Crippen LogP contribution < -0.4 is 10.1 Å². The lowest BCUT2D eigenvalue weighted by atomic mass is 10.1. The van der Waals surface area contributed by atoms with Crippen molar-refractivity contribution in [2.24, 2.45) is 0 Å². The number of anilines is 1. The Labute approximate surface area is 195 Å². The lowest BCUT2D eigenvalue weighted by Gasteiger charge is -2.02. The number of rotatable bonds is 8. The van der Waals surface area contributed by atoms with Crippen LogP contribution in [0.15, 0.2) is 52.2 Å². The molecule has 0 bridgehead atoms. The van der Waals surface area contributed by atoms with Gasteiger partial charge in [0.15, 0.2) is 15.3 Å². The summed E-state index contributed by atoms with van der Waals surface area (Å²) in [6.45, 7) is 0. The van der Waals surface area contributed by atoms with Gasteiger partial charge in [-0.15, -0.1) is 11.3 Å². The zero-order chi connectivity index (χ0) is 21.8. The quantitative estimate of drug-likeness (QED) is 0.257. The largest absolute Gasteiger partial charge is 0.497 e. The Morgan fingerprint density at radius 2 is 1.97 bits per heavy atom. The molecular formula is C21H16ClN3O3S3. The van der Waals surface area contributed by atoms with Crippen LogP contribution in [0.25, 0.3) is 10.2 Å². The molecular weight excluding hydrogens is 474 g/mol. The van der Waals surface area contributed by atoms with E-state index < -0.39 is 0 Å². The maximum absolute atomic E-state index is 12.4. The second-order valence-corrected chi connectivity index (χ2v) is 9.95. The van der Waals surface area contributed by atoms with Crippen molar-refractivity contribution in [2.45, 2.75) is 10.8 Å². The first-order chi connectivity index (χ1) is 15.0. The van der Waals surface area contributed by atoms with E-state index in [0.717, 1.165) is 14.6 Å². The number of hydrogen-bond acceptors (Lipinski definition) is 8. The minimum absolute atomic E-state index is 0.0121. The third-order valence-corrected chi connectivity index (χ3v) is 7.45. The zero-order valence-corrected chi connectivity index (χ0v) is 19.5. The fraction of sp³-hybridized carbons (Fsp3) is 0.143. The predicted octanol–water partition coefficient (Wildman–Crippen LogP) is 5.57. The smallest absolute Gasteiger partial charge is 0.232 e. The maximum atomic E-state index is 12.4. The van der Waals surface area contributed by atoms with Crippen LogP contribution >= 0.6 is 46.0 Å². The van der Waals surface area contributed by atoms with Crippen LogP contribution in [0, 0.1) is 0 Å². The molecule has 6 nitrogen and oxygen atoms in total. The van der Waals surface area contributed by atoms with Crippen LogP contribution in [0.4, 0.5) is 5.13 Å². The maximum Gasteiger partial charge on any atom is 0.232 e. The van der Waals surface area contributed by atoms with E-state index in [1.807, 2.05) is 17.5 Å². The molecule has 0 saturated heterocycles. The van der Waals surface area contributed by atoms with Crippen LogP contribution in [0.5, 0.6) is 5.75 Å². The Balaban J connectivity index is 1.30. The van der Waals surface area contributed by atoms with Gasteiger partial charge in [0.05, 0.1) is 35.2 Å². The van der Waals surface area contributed by atoms with E-state index in [9.17, 15) is 9.59 Å². The molecule has 158 valence electrons. The van der Waals surface area contributed by atoms with Crippen LogP contribution in [-0.2, 0) is 11.2 Å². The highest BCUT2D eigenvalue weighted by atomic mass is 35.5. The standard InChI is InChI=1S/C21H16ClN3O3S3/c1-28-15-5-2-12(3-6-15)17(26)11-30-21-23-14(10-29-21)9-19(27)25-20-24-16-7-4-13(22)8-18(16)31-20/h2-8,10H,9,11H2,1H3,(H,24,25,27). The lowest BCUT2D eigenvalue weighted by Crippen LogP contribution is -2.14. The number of methoxy groups -OCH3 is 1. The summed E-state index contributed by atoms with van der Waals surface area (Å²) in [5.41, 5.74) is 2.08. The first kappa shape index (κ1) is 21.8. The fourth-order valence-corrected chi connectivity index (χ4v) is 5.60. The number of halogens is 1. The molecule has 10 heteroatoms. The van der Waals surface area contributed by atoms with E-state index >= 15 is 0 Å². The number of ketones is 1. The van der Waals surface area contributed by atoms with Gasteiger partial charge in [0.2, 0.25) is 5.91 Å². The zero-order valence-electron chi connectivity index (χ0n) is 16.3. The number of hydrogen-bond donors (Lipinski definition) is 1. The summed E-state index contributed by atoms with van der Waals surface area (Å²) in [5.74, 6) is 0.806. The fourth-order valence-electron chi connectivity index (χ4n) is 2.70. The Morgan fingerprint density at radius 1 is 1.16 bits per heavy atom. The summed E-state index contributed by atoms with van der Waals surface area (Å²) < 4.78 is 6.77. The average molecular weight is 490 g/mol. The predicted molar refractivity (Wildman–Crippen MR) is 127 cm³/mol. The highest BCUT2D eigenvalue weighted by molar-refractivity contribution is 8.01. The van der Waals surface area contributed by atoms with E-state index in [-0.39, 0.29) is 23.9 Å². The molecule has 2 aromatic heterocycles. The summed E-state index contributed by atoms with van der Waals surface area (Å²) in [4.78, 5) is 33.5. The van der Waals surface area contributed by atoms with Crippen molar-refractivity contribution < 1.29 is 14.3 Å². The normalized spacial score (nSPS) is 10.9. The Hall–Kier alpha value is -2.46. The number of carbonyl (C=O) groups is 2. The Kier molecular flexibility index (Phi) is 6.86. The highest BCUT2D eigenvalue weighted by Crippen LogP contribution is 2.29. The van der Waals surface area contributed by atoms with Crippen LogP contribution in [0.3, 0.4) is 0 Å². The van der Waals surface area contributed by atoms with Gasteiger partial charge in [-0.3, -0.25) is 9.59 Å². The number of thioether (sulfide) groups is 1. The molecule has 0 spiro atoms. The second-order valence-electron chi connectivity index (χ2n) is 6.40. The van der Waals surface area contributed by atoms with E-state index in [1.165, 1.54) is 34.4 Å². The molecule has 0 radical (unpaired) electrons. The molecule has 0 saturated carbocycles. The van der Waals surface area contributed by atoms with Gasteiger partial charge in [0, 0.05) is 16.0 Å². The van der Waals surface area contributed by atoms with Crippen molar-refractivity contribution in [1.29, 1.82) is 0 Å². The number of amides is 1. The Morgan fingerprint density at radius 3 is 2.74 bits per heavy atom. The van der Waals surface area contributed by atoms with Crippen LogP contribution in [0.1, 0.15) is 16.1 Å². The number of benzene rings is 2. The first-order valence-electron chi connectivity index (χ1n) is 9.10. The third kappa shape index (κ3) is 5.62. The van der Waals surface area contributed by atoms with Gasteiger partial charge < -0.3 is 10.1 Å². The van der Waals surface area contributed by atoms with Crippen LogP contribution in [0.2, 0.25) is 5.02 Å². The summed E-state index contributed by atoms with van der Waals surface area (Å²) in [5, 5.41) is 5.80. The minimum atomic E-state index is -0.193. The summed E-state index contributed by atoms with van der Waals surface area (Å²) in [6, 6.07) is 12.4. The topological polar surface area (TPSA) is 81.2 Å². The summed E-state index contributed by atoms with van der Waals surface area (Å²) in [7, 11) is 1.59. The molecule has 0 unspecified atom stereocenters. The van der Waals surface area contributed by atoms with Gasteiger partial charge in [-0.25, -0.2) is 9.97 Å². The van der Waals surface area contributed by atoms with E-state index in [2.05, 4.69) is 15.3 Å². The molecule has 1 amide bonds. The molecule has 0 fully saturated rings. The van der Waals surface area contributed by atoms with Gasteiger partial charge in [0.1, 0.15) is 5.75 Å². The van der Waals surface area contributed by atoms with Crippen LogP contribution in [-0.4, -0.2) is 34.5 Å². The molecule has 4 rings (SSSR count). The summed E-state index contributed by atoms with van der Waals surface area (Å²) in [6.07, 6.45) is 0.139. The minimum Gasteiger partial charge on any atom is -0.497 e. The van der Waals surface area contributed by atoms with Crippen molar-refractivity contribution in [3.8, 4) is 5.75 Å². The molecule has 0 atom stereocenters. The number of aromatic nitrogens is 2. The van der Waals surface area contributed by atoms with Crippen molar-refractivity contribution in [2.75, 3.05) is 18.2 Å².